The van der Waals surface area contributed by atoms with E-state index < -0.39 is 10.0 Å². The predicted octanol–water partition coefficient (Wildman–Crippen LogP) is 5.40. The first-order valence-corrected chi connectivity index (χ1v) is 17.4. The second kappa shape index (κ2) is 13.9. The third kappa shape index (κ3) is 8.12. The molecule has 1 atom stereocenters. The van der Waals surface area contributed by atoms with Crippen LogP contribution in [0.5, 0.6) is 5.75 Å². The van der Waals surface area contributed by atoms with E-state index in [0.717, 1.165) is 66.4 Å². The molecule has 45 heavy (non-hydrogen) atoms. The van der Waals surface area contributed by atoms with Gasteiger partial charge in [-0.05, 0) is 68.4 Å². The fourth-order valence-corrected chi connectivity index (χ4v) is 7.17. The number of rotatable bonds is 10. The highest BCUT2D eigenvalue weighted by Gasteiger charge is 2.33. The van der Waals surface area contributed by atoms with Crippen LogP contribution in [0.2, 0.25) is 0 Å². The molecule has 1 amide bonds. The van der Waals surface area contributed by atoms with Crippen LogP contribution in [-0.4, -0.2) is 65.8 Å². The van der Waals surface area contributed by atoms with E-state index in [1.165, 1.54) is 6.26 Å². The Morgan fingerprint density at radius 1 is 0.978 bits per heavy atom. The summed E-state index contributed by atoms with van der Waals surface area (Å²) in [5.41, 5.74) is 2.73. The molecule has 1 aliphatic heterocycles. The Morgan fingerprint density at radius 3 is 2.49 bits per heavy atom. The standard InChI is InChI=1S/C33H40N6O5S/c1-45(41,42)38-26-12-10-25(11-13-26)36-32-35-19-15-29(37-32)31(44-30-9-5-8-28-27(30)14-18-34-28)24-16-20-39(21-17-24)33(40)43-22-23-6-3-2-4-7-23/h2-9,14-15,18-19,24-26,31,34,38H,10-13,16-17,20-22H2,1H3,(H,35,36,37). The number of amides is 1. The molecular weight excluding hydrogens is 592 g/mol. The number of fused-ring (bicyclic) bond motifs is 1. The lowest BCUT2D eigenvalue weighted by atomic mass is 9.89. The van der Waals surface area contributed by atoms with Crippen LogP contribution in [0.25, 0.3) is 10.9 Å². The van der Waals surface area contributed by atoms with Gasteiger partial charge in [-0.1, -0.05) is 36.4 Å². The lowest BCUT2D eigenvalue weighted by Gasteiger charge is -2.35. The molecule has 0 radical (unpaired) electrons. The van der Waals surface area contributed by atoms with Crippen LogP contribution in [0.4, 0.5) is 10.7 Å². The molecule has 2 fully saturated rings. The summed E-state index contributed by atoms with van der Waals surface area (Å²) in [4.78, 5) is 27.3. The van der Waals surface area contributed by atoms with Crippen LogP contribution >= 0.6 is 0 Å². The maximum absolute atomic E-state index is 12.9. The van der Waals surface area contributed by atoms with Gasteiger partial charge in [0.05, 0.1) is 11.9 Å². The van der Waals surface area contributed by atoms with Crippen LogP contribution in [0.15, 0.2) is 73.1 Å². The Bertz CT molecular complexity index is 1680. The van der Waals surface area contributed by atoms with E-state index in [9.17, 15) is 13.2 Å². The average molecular weight is 633 g/mol. The zero-order valence-electron chi connectivity index (χ0n) is 25.4. The van der Waals surface area contributed by atoms with Crippen molar-refractivity contribution in [3.05, 3.63) is 84.3 Å². The average Bonchev–Trinajstić information content (AvgIpc) is 3.54. The van der Waals surface area contributed by atoms with Gasteiger partial charge >= 0.3 is 6.09 Å². The third-order valence-electron chi connectivity index (χ3n) is 8.65. The zero-order valence-corrected chi connectivity index (χ0v) is 26.2. The number of H-pyrrole nitrogens is 1. The number of nitrogens with zero attached hydrogens (tertiary/aromatic N) is 3. The first-order valence-electron chi connectivity index (χ1n) is 15.6. The summed E-state index contributed by atoms with van der Waals surface area (Å²) in [5.74, 6) is 1.41. The Hall–Kier alpha value is -4.16. The molecule has 2 aromatic heterocycles. The van der Waals surface area contributed by atoms with Crippen LogP contribution in [-0.2, 0) is 21.4 Å². The molecule has 1 unspecified atom stereocenters. The second-order valence-electron chi connectivity index (χ2n) is 12.0. The number of aromatic amines is 1. The number of ether oxygens (including phenoxy) is 2. The van der Waals surface area contributed by atoms with Crippen molar-refractivity contribution in [2.45, 2.75) is 63.3 Å². The molecular formula is C33H40N6O5S. The topological polar surface area (TPSA) is 139 Å². The SMILES string of the molecule is CS(=O)(=O)NC1CCC(Nc2nccc(C(Oc3cccc4[nH]ccc34)C3CCN(C(=O)OCc4ccccc4)CC3)n2)CC1. The largest absolute Gasteiger partial charge is 0.483 e. The van der Waals surface area contributed by atoms with E-state index >= 15 is 0 Å². The summed E-state index contributed by atoms with van der Waals surface area (Å²) in [6.45, 7) is 1.37. The van der Waals surface area contributed by atoms with Crippen molar-refractivity contribution in [3.63, 3.8) is 0 Å². The van der Waals surface area contributed by atoms with E-state index in [4.69, 9.17) is 14.5 Å². The molecule has 2 aromatic carbocycles. The molecule has 12 heteroatoms. The number of anilines is 1. The number of aromatic nitrogens is 3. The van der Waals surface area contributed by atoms with Crippen molar-refractivity contribution in [1.29, 1.82) is 0 Å². The summed E-state index contributed by atoms with van der Waals surface area (Å²) in [5, 5.41) is 4.47. The van der Waals surface area contributed by atoms with E-state index in [1.54, 1.807) is 11.1 Å². The van der Waals surface area contributed by atoms with Crippen LogP contribution in [0.3, 0.4) is 0 Å². The second-order valence-corrected chi connectivity index (χ2v) is 13.8. The Morgan fingerprint density at radius 2 is 1.73 bits per heavy atom. The van der Waals surface area contributed by atoms with Gasteiger partial charge in [0.25, 0.3) is 0 Å². The van der Waals surface area contributed by atoms with Gasteiger partial charge in [-0.3, -0.25) is 0 Å². The lowest BCUT2D eigenvalue weighted by Crippen LogP contribution is -2.41. The summed E-state index contributed by atoms with van der Waals surface area (Å²) in [6, 6.07) is 19.7. The van der Waals surface area contributed by atoms with Crippen molar-refractivity contribution in [2.75, 3.05) is 24.7 Å². The van der Waals surface area contributed by atoms with Crippen molar-refractivity contribution in [3.8, 4) is 5.75 Å². The molecule has 238 valence electrons. The van der Waals surface area contributed by atoms with Crippen molar-refractivity contribution in [2.24, 2.45) is 5.92 Å². The number of carbonyl (C=O) groups excluding carboxylic acids is 1. The number of hydrogen-bond acceptors (Lipinski definition) is 8. The van der Waals surface area contributed by atoms with Crippen molar-refractivity contribution in [1.82, 2.24) is 24.6 Å². The summed E-state index contributed by atoms with van der Waals surface area (Å²) in [6.07, 6.45) is 8.80. The van der Waals surface area contributed by atoms with Gasteiger partial charge in [0.2, 0.25) is 16.0 Å². The highest BCUT2D eigenvalue weighted by Crippen LogP contribution is 2.37. The molecule has 3 N–H and O–H groups in total. The van der Waals surface area contributed by atoms with Crippen LogP contribution in [0, 0.1) is 5.92 Å². The molecule has 6 rings (SSSR count). The number of sulfonamides is 1. The van der Waals surface area contributed by atoms with Gasteiger partial charge in [-0.15, -0.1) is 0 Å². The zero-order chi connectivity index (χ0) is 31.2. The van der Waals surface area contributed by atoms with Gasteiger partial charge in [0, 0.05) is 54.4 Å². The summed E-state index contributed by atoms with van der Waals surface area (Å²) < 4.78 is 38.4. The maximum atomic E-state index is 12.9. The van der Waals surface area contributed by atoms with Crippen molar-refractivity contribution < 1.29 is 22.7 Å². The van der Waals surface area contributed by atoms with E-state index in [1.807, 2.05) is 66.9 Å². The molecule has 1 saturated heterocycles. The fourth-order valence-electron chi connectivity index (χ4n) is 6.33. The van der Waals surface area contributed by atoms with Gasteiger partial charge < -0.3 is 24.7 Å². The Balaban J connectivity index is 1.14. The molecule has 4 aromatic rings. The number of likely N-dealkylation sites (tertiary alicyclic amines) is 1. The van der Waals surface area contributed by atoms with E-state index in [0.29, 0.717) is 19.0 Å². The number of piperidine rings is 1. The molecule has 0 bridgehead atoms. The fraction of sp³-hybridized carbons (Fsp3) is 0.424. The summed E-state index contributed by atoms with van der Waals surface area (Å²) >= 11 is 0. The Kier molecular flexibility index (Phi) is 9.50. The van der Waals surface area contributed by atoms with Crippen molar-refractivity contribution >= 4 is 33.0 Å². The first kappa shape index (κ1) is 30.8. The molecule has 11 nitrogen and oxygen atoms in total. The number of hydrogen-bond donors (Lipinski definition) is 3. The molecule has 3 heterocycles. The highest BCUT2D eigenvalue weighted by molar-refractivity contribution is 7.88. The van der Waals surface area contributed by atoms with Gasteiger partial charge in [-0.25, -0.2) is 27.9 Å². The highest BCUT2D eigenvalue weighted by atomic mass is 32.2. The molecule has 1 saturated carbocycles. The minimum Gasteiger partial charge on any atom is -0.483 e. The lowest BCUT2D eigenvalue weighted by molar-refractivity contribution is 0.0542. The number of carbonyl (C=O) groups is 1. The molecule has 2 aliphatic rings. The quantitative estimate of drug-likeness (QED) is 0.211. The smallest absolute Gasteiger partial charge is 0.410 e. The number of benzene rings is 2. The molecule has 1 aliphatic carbocycles. The molecule has 0 spiro atoms. The Labute approximate surface area is 263 Å². The van der Waals surface area contributed by atoms with Gasteiger partial charge in [0.15, 0.2) is 0 Å². The number of nitrogens with one attached hydrogen (secondary N) is 3. The summed E-state index contributed by atoms with van der Waals surface area (Å²) in [7, 11) is -3.22. The van der Waals surface area contributed by atoms with Gasteiger partial charge in [0.1, 0.15) is 18.5 Å². The van der Waals surface area contributed by atoms with Crippen LogP contribution in [0.1, 0.15) is 55.9 Å². The van der Waals surface area contributed by atoms with Gasteiger partial charge in [-0.2, -0.15) is 0 Å². The predicted molar refractivity (Wildman–Crippen MR) is 172 cm³/mol. The van der Waals surface area contributed by atoms with E-state index in [-0.39, 0.29) is 36.8 Å². The minimum absolute atomic E-state index is 0.0410. The minimum atomic E-state index is -3.22. The monoisotopic (exact) mass is 632 g/mol. The maximum Gasteiger partial charge on any atom is 0.410 e. The normalized spacial score (nSPS) is 20.1. The van der Waals surface area contributed by atoms with Crippen LogP contribution < -0.4 is 14.8 Å². The van der Waals surface area contributed by atoms with E-state index in [2.05, 4.69) is 20.0 Å². The third-order valence-corrected chi connectivity index (χ3v) is 9.41. The first-order chi connectivity index (χ1) is 21.8.